The molecule has 2 aromatic heterocycles. The van der Waals surface area contributed by atoms with Crippen LogP contribution in [-0.2, 0) is 6.42 Å². The average Bonchev–Trinajstić information content (AvgIpc) is 3.60. The van der Waals surface area contributed by atoms with Crippen molar-refractivity contribution in [2.24, 2.45) is 0 Å². The average molecular weight is 565 g/mol. The second-order valence-electron chi connectivity index (χ2n) is 11.0. The van der Waals surface area contributed by atoms with Crippen molar-refractivity contribution in [1.82, 2.24) is 0 Å². The van der Waals surface area contributed by atoms with Crippen LogP contribution in [0.15, 0.2) is 116 Å². The monoisotopic (exact) mass is 564 g/mol. The van der Waals surface area contributed by atoms with Gasteiger partial charge in [-0.05, 0) is 81.8 Å². The largest absolute Gasteiger partial charge is 0.456 e. The summed E-state index contributed by atoms with van der Waals surface area (Å²) in [5.41, 5.74) is 8.47. The Morgan fingerprint density at radius 1 is 0.805 bits per heavy atom. The number of allylic oxidation sites excluding steroid dienone is 5. The summed E-state index contributed by atoms with van der Waals surface area (Å²) in [5.74, 6) is 0.446. The van der Waals surface area contributed by atoms with E-state index >= 15 is 0 Å². The number of thioether (sulfide) groups is 1. The number of hydrogen-bond donors (Lipinski definition) is 0. The molecular formula is C37H24O2S2. The van der Waals surface area contributed by atoms with E-state index in [-0.39, 0.29) is 5.43 Å². The highest BCUT2D eigenvalue weighted by Gasteiger charge is 2.30. The Hall–Kier alpha value is -4.12. The second-order valence-corrected chi connectivity index (χ2v) is 13.2. The molecule has 4 heteroatoms. The molecule has 9 rings (SSSR count). The molecule has 0 radical (unpaired) electrons. The summed E-state index contributed by atoms with van der Waals surface area (Å²) in [6, 6.07) is 25.2. The molecule has 0 saturated carbocycles. The lowest BCUT2D eigenvalue weighted by atomic mass is 9.90. The van der Waals surface area contributed by atoms with Crippen LogP contribution < -0.4 is 5.43 Å². The minimum Gasteiger partial charge on any atom is -0.456 e. The zero-order valence-electron chi connectivity index (χ0n) is 22.1. The predicted octanol–water partition coefficient (Wildman–Crippen LogP) is 10.5. The van der Waals surface area contributed by atoms with Crippen LogP contribution in [0.4, 0.5) is 0 Å². The second kappa shape index (κ2) is 8.94. The van der Waals surface area contributed by atoms with Gasteiger partial charge in [-0.1, -0.05) is 90.7 Å². The third-order valence-corrected chi connectivity index (χ3v) is 11.3. The third kappa shape index (κ3) is 3.54. The molecule has 41 heavy (non-hydrogen) atoms. The summed E-state index contributed by atoms with van der Waals surface area (Å²) in [5, 5.41) is 2.55. The fraction of sp³-hybridized carbons (Fsp3) is 0.108. The molecule has 4 aromatic carbocycles. The third-order valence-electron chi connectivity index (χ3n) is 8.70. The van der Waals surface area contributed by atoms with Crippen molar-refractivity contribution in [2.75, 3.05) is 0 Å². The molecule has 3 heterocycles. The number of fused-ring (bicyclic) bond motifs is 8. The van der Waals surface area contributed by atoms with Gasteiger partial charge in [-0.3, -0.25) is 4.79 Å². The fourth-order valence-electron chi connectivity index (χ4n) is 6.67. The van der Waals surface area contributed by atoms with Gasteiger partial charge in [0.2, 0.25) is 5.43 Å². The molecule has 0 N–H and O–H groups in total. The first-order valence-corrected chi connectivity index (χ1v) is 15.8. The fourth-order valence-corrected chi connectivity index (χ4v) is 9.38. The Morgan fingerprint density at radius 2 is 1.59 bits per heavy atom. The Morgan fingerprint density at radius 3 is 2.44 bits per heavy atom. The van der Waals surface area contributed by atoms with Crippen molar-refractivity contribution in [3.05, 3.63) is 128 Å². The van der Waals surface area contributed by atoms with E-state index in [2.05, 4.69) is 78.9 Å². The van der Waals surface area contributed by atoms with E-state index in [1.54, 1.807) is 0 Å². The van der Waals surface area contributed by atoms with Crippen molar-refractivity contribution < 1.29 is 4.42 Å². The van der Waals surface area contributed by atoms with Crippen LogP contribution in [0.2, 0.25) is 0 Å². The summed E-state index contributed by atoms with van der Waals surface area (Å²) in [7, 11) is 0. The van der Waals surface area contributed by atoms with E-state index < -0.39 is 0 Å². The van der Waals surface area contributed by atoms with E-state index in [9.17, 15) is 4.79 Å². The van der Waals surface area contributed by atoms with Gasteiger partial charge in [0.05, 0.1) is 10.8 Å². The lowest BCUT2D eigenvalue weighted by Crippen LogP contribution is -2.02. The van der Waals surface area contributed by atoms with Crippen LogP contribution in [0.5, 0.6) is 0 Å². The molecule has 0 amide bonds. The Balaban J connectivity index is 1.20. The Labute approximate surface area is 245 Å². The molecule has 1 unspecified atom stereocenters. The van der Waals surface area contributed by atoms with E-state index in [0.29, 0.717) is 27.9 Å². The van der Waals surface area contributed by atoms with E-state index in [4.69, 9.17) is 4.42 Å². The molecule has 0 bridgehead atoms. The zero-order valence-corrected chi connectivity index (χ0v) is 23.8. The molecule has 1 aliphatic heterocycles. The van der Waals surface area contributed by atoms with Crippen LogP contribution in [0.3, 0.4) is 0 Å². The molecule has 3 aliphatic rings. The Bertz CT molecular complexity index is 2240. The van der Waals surface area contributed by atoms with Gasteiger partial charge in [0.1, 0.15) is 11.2 Å². The number of rotatable bonds is 2. The molecule has 1 atom stereocenters. The number of hydrogen-bond acceptors (Lipinski definition) is 4. The van der Waals surface area contributed by atoms with Gasteiger partial charge in [-0.2, -0.15) is 0 Å². The van der Waals surface area contributed by atoms with Crippen molar-refractivity contribution in [2.45, 2.75) is 30.1 Å². The lowest BCUT2D eigenvalue weighted by molar-refractivity contribution is 0.660. The highest BCUT2D eigenvalue weighted by Crippen LogP contribution is 2.54. The van der Waals surface area contributed by atoms with Gasteiger partial charge >= 0.3 is 0 Å². The number of thiophene rings is 1. The van der Waals surface area contributed by atoms with Crippen LogP contribution in [-0.4, -0.2) is 0 Å². The van der Waals surface area contributed by atoms with Crippen LogP contribution in [0.25, 0.3) is 60.4 Å². The van der Waals surface area contributed by atoms with E-state index in [1.807, 2.05) is 47.4 Å². The molecule has 0 fully saturated rings. The predicted molar refractivity (Wildman–Crippen MR) is 174 cm³/mol. The Kier molecular flexibility index (Phi) is 5.14. The first kappa shape index (κ1) is 23.6. The first-order valence-electron chi connectivity index (χ1n) is 14.1. The van der Waals surface area contributed by atoms with Gasteiger partial charge in [0.25, 0.3) is 0 Å². The summed E-state index contributed by atoms with van der Waals surface area (Å²) < 4.78 is 7.59. The van der Waals surface area contributed by atoms with Crippen LogP contribution >= 0.6 is 23.1 Å². The van der Waals surface area contributed by atoms with Gasteiger partial charge in [0.15, 0.2) is 0 Å². The van der Waals surface area contributed by atoms with Gasteiger partial charge in [0, 0.05) is 25.8 Å². The standard InChI is InChI=1S/C37H24O2S2/c38-35-29-19-21(23-9-5-11-27-25-7-1-3-13-33(25)40-36(23)27)15-17-31(29)39-32-18-16-22(20-30(32)35)24-10-6-12-28-26-8-2-4-14-34(26)41-37(24)28/h1-3,5-6,8-13,15-20,25H,4,7,14H2. The minimum absolute atomic E-state index is 0.0198. The van der Waals surface area contributed by atoms with Gasteiger partial charge < -0.3 is 4.42 Å². The molecular weight excluding hydrogens is 541 g/mol. The quantitative estimate of drug-likeness (QED) is 0.196. The summed E-state index contributed by atoms with van der Waals surface area (Å²) >= 11 is 3.76. The lowest BCUT2D eigenvalue weighted by Gasteiger charge is -2.13. The smallest absolute Gasteiger partial charge is 0.200 e. The highest BCUT2D eigenvalue weighted by molar-refractivity contribution is 8.03. The first-order chi connectivity index (χ1) is 20.2. The normalized spacial score (nSPS) is 17.2. The maximum absolute atomic E-state index is 14.0. The summed E-state index contributed by atoms with van der Waals surface area (Å²) in [4.78, 5) is 18.2. The van der Waals surface area contributed by atoms with Gasteiger partial charge in [-0.15, -0.1) is 11.3 Å². The molecule has 196 valence electrons. The van der Waals surface area contributed by atoms with Crippen molar-refractivity contribution in [1.29, 1.82) is 0 Å². The van der Waals surface area contributed by atoms with Crippen molar-refractivity contribution in [3.8, 4) is 22.3 Å². The summed E-state index contributed by atoms with van der Waals surface area (Å²) in [6.45, 7) is 0. The van der Waals surface area contributed by atoms with E-state index in [0.717, 1.165) is 30.4 Å². The highest BCUT2D eigenvalue weighted by atomic mass is 32.2. The molecule has 2 aliphatic carbocycles. The molecule has 2 nitrogen and oxygen atoms in total. The number of aryl methyl sites for hydroxylation is 1. The minimum atomic E-state index is 0.0198. The van der Waals surface area contributed by atoms with E-state index in [1.165, 1.54) is 47.0 Å². The number of benzene rings is 4. The van der Waals surface area contributed by atoms with Crippen LogP contribution in [0.1, 0.15) is 34.8 Å². The summed E-state index contributed by atoms with van der Waals surface area (Å²) in [6.07, 6.45) is 14.4. The SMILES string of the molecule is O=c1c2cc(-c3cccc4c3SC3=CC=CCC34)ccc2oc2ccc(-c3cccc4c5c(sc34)CCC=C5)cc12. The molecule has 0 saturated heterocycles. The van der Waals surface area contributed by atoms with Crippen molar-refractivity contribution >= 4 is 61.2 Å². The van der Waals surface area contributed by atoms with Crippen molar-refractivity contribution in [3.63, 3.8) is 0 Å². The van der Waals surface area contributed by atoms with Crippen LogP contribution in [0, 0.1) is 0 Å². The molecule has 6 aromatic rings. The molecule has 0 spiro atoms. The van der Waals surface area contributed by atoms with Gasteiger partial charge in [-0.25, -0.2) is 0 Å². The topological polar surface area (TPSA) is 30.2 Å². The zero-order chi connectivity index (χ0) is 27.1. The maximum atomic E-state index is 14.0. The maximum Gasteiger partial charge on any atom is 0.200 e.